The van der Waals surface area contributed by atoms with Crippen LogP contribution in [0, 0.1) is 0 Å². The SMILES string of the molecule is CCN(CC)OC(c1ccccc1)(c1ccc(OC)cc1)c1ccc(OC)cc1. The van der Waals surface area contributed by atoms with Crippen molar-refractivity contribution in [2.75, 3.05) is 27.3 Å². The maximum atomic E-state index is 6.79. The van der Waals surface area contributed by atoms with Crippen molar-refractivity contribution in [3.8, 4) is 11.5 Å². The first-order valence-corrected chi connectivity index (χ1v) is 9.96. The molecule has 4 heteroatoms. The lowest BCUT2D eigenvalue weighted by molar-refractivity contribution is -0.218. The summed E-state index contributed by atoms with van der Waals surface area (Å²) in [5.74, 6) is 1.63. The second-order valence-electron chi connectivity index (χ2n) is 6.71. The Morgan fingerprint density at radius 2 is 1.03 bits per heavy atom. The van der Waals surface area contributed by atoms with Gasteiger partial charge in [0, 0.05) is 13.1 Å². The van der Waals surface area contributed by atoms with Crippen molar-refractivity contribution in [1.82, 2.24) is 5.06 Å². The van der Waals surface area contributed by atoms with Gasteiger partial charge < -0.3 is 9.47 Å². The smallest absolute Gasteiger partial charge is 0.165 e. The average molecular weight is 392 g/mol. The first-order chi connectivity index (χ1) is 14.2. The molecular formula is C25H29NO3. The van der Waals surface area contributed by atoms with Gasteiger partial charge in [-0.1, -0.05) is 68.4 Å². The minimum atomic E-state index is -0.800. The molecule has 0 N–H and O–H groups in total. The zero-order chi connectivity index (χ0) is 20.7. The van der Waals surface area contributed by atoms with Gasteiger partial charge in [-0.15, -0.1) is 0 Å². The van der Waals surface area contributed by atoms with E-state index in [1.54, 1.807) is 14.2 Å². The Morgan fingerprint density at radius 3 is 1.41 bits per heavy atom. The van der Waals surface area contributed by atoms with Crippen molar-refractivity contribution in [3.05, 3.63) is 95.6 Å². The van der Waals surface area contributed by atoms with Crippen LogP contribution in [0.1, 0.15) is 30.5 Å². The predicted octanol–water partition coefficient (Wildman–Crippen LogP) is 5.27. The highest BCUT2D eigenvalue weighted by Crippen LogP contribution is 2.42. The Bertz CT molecular complexity index is 825. The largest absolute Gasteiger partial charge is 0.497 e. The third-order valence-electron chi connectivity index (χ3n) is 5.14. The van der Waals surface area contributed by atoms with Crippen molar-refractivity contribution in [2.24, 2.45) is 0 Å². The lowest BCUT2D eigenvalue weighted by Gasteiger charge is -2.39. The fourth-order valence-electron chi connectivity index (χ4n) is 3.53. The molecule has 0 saturated heterocycles. The maximum absolute atomic E-state index is 6.79. The molecule has 0 heterocycles. The molecule has 0 atom stereocenters. The highest BCUT2D eigenvalue weighted by Gasteiger charge is 2.40. The summed E-state index contributed by atoms with van der Waals surface area (Å²) in [6, 6.07) is 26.5. The van der Waals surface area contributed by atoms with Gasteiger partial charge in [-0.25, -0.2) is 0 Å². The molecule has 152 valence electrons. The molecule has 3 aromatic carbocycles. The summed E-state index contributed by atoms with van der Waals surface area (Å²) in [7, 11) is 3.35. The van der Waals surface area contributed by atoms with Crippen LogP contribution in [0.3, 0.4) is 0 Å². The minimum Gasteiger partial charge on any atom is -0.497 e. The van der Waals surface area contributed by atoms with E-state index in [1.807, 2.05) is 47.5 Å². The zero-order valence-corrected chi connectivity index (χ0v) is 17.6. The lowest BCUT2D eigenvalue weighted by atomic mass is 9.80. The maximum Gasteiger partial charge on any atom is 0.165 e. The number of nitrogens with zero attached hydrogens (tertiary/aromatic N) is 1. The Labute approximate surface area is 173 Å². The number of hydrogen-bond donors (Lipinski definition) is 0. The van der Waals surface area contributed by atoms with E-state index in [9.17, 15) is 0 Å². The van der Waals surface area contributed by atoms with Crippen molar-refractivity contribution >= 4 is 0 Å². The Balaban J connectivity index is 2.27. The summed E-state index contributed by atoms with van der Waals surface area (Å²) in [6.07, 6.45) is 0. The molecule has 0 spiro atoms. The molecule has 0 aromatic heterocycles. The molecule has 3 aromatic rings. The van der Waals surface area contributed by atoms with Gasteiger partial charge >= 0.3 is 0 Å². The van der Waals surface area contributed by atoms with Crippen LogP contribution in [0.5, 0.6) is 11.5 Å². The summed E-state index contributed by atoms with van der Waals surface area (Å²) in [6.45, 7) is 5.75. The highest BCUT2D eigenvalue weighted by atomic mass is 16.7. The van der Waals surface area contributed by atoms with Gasteiger partial charge in [0.2, 0.25) is 0 Å². The molecule has 0 aliphatic heterocycles. The summed E-state index contributed by atoms with van der Waals surface area (Å²) >= 11 is 0. The van der Waals surface area contributed by atoms with E-state index in [-0.39, 0.29) is 0 Å². The van der Waals surface area contributed by atoms with Gasteiger partial charge in [-0.3, -0.25) is 4.84 Å². The molecule has 0 aliphatic rings. The lowest BCUT2D eigenvalue weighted by Crippen LogP contribution is -2.40. The van der Waals surface area contributed by atoms with Crippen molar-refractivity contribution < 1.29 is 14.3 Å². The molecular weight excluding hydrogens is 362 g/mol. The standard InChI is InChI=1S/C25H29NO3/c1-5-26(6-2)29-25(20-10-8-7-9-11-20,21-12-16-23(27-3)17-13-21)22-14-18-24(28-4)19-15-22/h7-19H,5-6H2,1-4H3. The molecule has 29 heavy (non-hydrogen) atoms. The van der Waals surface area contributed by atoms with E-state index in [0.717, 1.165) is 41.3 Å². The average Bonchev–Trinajstić information content (AvgIpc) is 2.81. The van der Waals surface area contributed by atoms with Gasteiger partial charge in [0.15, 0.2) is 5.60 Å². The van der Waals surface area contributed by atoms with Gasteiger partial charge in [0.1, 0.15) is 11.5 Å². The topological polar surface area (TPSA) is 30.9 Å². The van der Waals surface area contributed by atoms with Crippen LogP contribution in [-0.2, 0) is 10.4 Å². The third kappa shape index (κ3) is 4.29. The van der Waals surface area contributed by atoms with Crippen molar-refractivity contribution in [1.29, 1.82) is 0 Å². The molecule has 0 amide bonds. The van der Waals surface area contributed by atoms with Crippen molar-refractivity contribution in [2.45, 2.75) is 19.4 Å². The second-order valence-corrected chi connectivity index (χ2v) is 6.71. The van der Waals surface area contributed by atoms with Crippen LogP contribution in [0.4, 0.5) is 0 Å². The number of rotatable bonds is 9. The number of hydrogen-bond acceptors (Lipinski definition) is 4. The van der Waals surface area contributed by atoms with Crippen LogP contribution in [-0.4, -0.2) is 32.4 Å². The molecule has 0 radical (unpaired) electrons. The Morgan fingerprint density at radius 1 is 0.621 bits per heavy atom. The van der Waals surface area contributed by atoms with Crippen LogP contribution in [0.25, 0.3) is 0 Å². The number of ether oxygens (including phenoxy) is 2. The van der Waals surface area contributed by atoms with Crippen LogP contribution < -0.4 is 9.47 Å². The number of hydroxylamine groups is 2. The fourth-order valence-corrected chi connectivity index (χ4v) is 3.53. The second kappa shape index (κ2) is 9.59. The molecule has 0 unspecified atom stereocenters. The molecule has 0 fully saturated rings. The summed E-state index contributed by atoms with van der Waals surface area (Å²) in [5.41, 5.74) is 2.32. The summed E-state index contributed by atoms with van der Waals surface area (Å²) < 4.78 is 10.8. The van der Waals surface area contributed by atoms with Gasteiger partial charge in [-0.05, 0) is 41.0 Å². The van der Waals surface area contributed by atoms with Crippen LogP contribution in [0.15, 0.2) is 78.9 Å². The molecule has 4 nitrogen and oxygen atoms in total. The number of benzene rings is 3. The predicted molar refractivity (Wildman–Crippen MR) is 116 cm³/mol. The third-order valence-corrected chi connectivity index (χ3v) is 5.14. The minimum absolute atomic E-state index is 0.775. The zero-order valence-electron chi connectivity index (χ0n) is 17.6. The number of methoxy groups -OCH3 is 2. The van der Waals surface area contributed by atoms with Crippen LogP contribution >= 0.6 is 0 Å². The normalized spacial score (nSPS) is 11.5. The van der Waals surface area contributed by atoms with E-state index >= 15 is 0 Å². The Hall–Kier alpha value is -2.82. The quantitative estimate of drug-likeness (QED) is 0.367. The molecule has 0 bridgehead atoms. The Kier molecular flexibility index (Phi) is 6.91. The molecule has 0 aliphatic carbocycles. The summed E-state index contributed by atoms with van der Waals surface area (Å²) in [4.78, 5) is 6.79. The highest BCUT2D eigenvalue weighted by molar-refractivity contribution is 5.49. The van der Waals surface area contributed by atoms with E-state index in [0.29, 0.717) is 0 Å². The van der Waals surface area contributed by atoms with Gasteiger partial charge in [0.25, 0.3) is 0 Å². The van der Waals surface area contributed by atoms with E-state index in [1.165, 1.54) is 0 Å². The first kappa shape index (κ1) is 20.9. The van der Waals surface area contributed by atoms with Crippen molar-refractivity contribution in [3.63, 3.8) is 0 Å². The van der Waals surface area contributed by atoms with E-state index in [2.05, 4.69) is 50.2 Å². The monoisotopic (exact) mass is 391 g/mol. The molecule has 3 rings (SSSR count). The van der Waals surface area contributed by atoms with Gasteiger partial charge in [0.05, 0.1) is 14.2 Å². The van der Waals surface area contributed by atoms with E-state index < -0.39 is 5.60 Å². The summed E-state index contributed by atoms with van der Waals surface area (Å²) in [5, 5.41) is 1.99. The molecule has 0 saturated carbocycles. The van der Waals surface area contributed by atoms with Crippen LogP contribution in [0.2, 0.25) is 0 Å². The van der Waals surface area contributed by atoms with Gasteiger partial charge in [-0.2, -0.15) is 5.06 Å². The first-order valence-electron chi connectivity index (χ1n) is 9.96. The van der Waals surface area contributed by atoms with E-state index in [4.69, 9.17) is 14.3 Å². The fraction of sp³-hybridized carbons (Fsp3) is 0.280.